The van der Waals surface area contributed by atoms with Crippen LogP contribution < -0.4 is 0 Å². The van der Waals surface area contributed by atoms with E-state index in [0.29, 0.717) is 25.7 Å². The summed E-state index contributed by atoms with van der Waals surface area (Å²) in [6.45, 7) is 0. The normalized spacial score (nSPS) is 21.8. The monoisotopic (exact) mass is 366 g/mol. The molecular weight excluding hydrogens is 344 g/mol. The van der Waals surface area contributed by atoms with Gasteiger partial charge in [-0.3, -0.25) is 0 Å². The van der Waals surface area contributed by atoms with Gasteiger partial charge in [0.1, 0.15) is 0 Å². The van der Waals surface area contributed by atoms with E-state index in [2.05, 4.69) is 0 Å². The van der Waals surface area contributed by atoms with Crippen molar-refractivity contribution in [2.24, 2.45) is 0 Å². The third kappa shape index (κ3) is 2.88. The van der Waals surface area contributed by atoms with Gasteiger partial charge in [0.2, 0.25) is 0 Å². The quantitative estimate of drug-likeness (QED) is 0.707. The zero-order valence-electron chi connectivity index (χ0n) is 14.1. The van der Waals surface area contributed by atoms with E-state index in [1.165, 1.54) is 0 Å². The van der Waals surface area contributed by atoms with Crippen molar-refractivity contribution in [3.8, 4) is 0 Å². The highest BCUT2D eigenvalue weighted by atomic mass is 28.5. The Kier molecular flexibility index (Phi) is 4.35. The summed E-state index contributed by atoms with van der Waals surface area (Å²) in [7, 11) is -6.76. The first-order valence-corrected chi connectivity index (χ1v) is 12.4. The zero-order valence-corrected chi connectivity index (χ0v) is 16.1. The zero-order chi connectivity index (χ0) is 17.3. The molecule has 3 nitrogen and oxygen atoms in total. The minimum absolute atomic E-state index is 0.694. The molecule has 0 aromatic heterocycles. The number of hydrogen-bond donors (Lipinski definition) is 2. The largest absolute Gasteiger partial charge is 0.405 e. The lowest BCUT2D eigenvalue weighted by Gasteiger charge is -2.37. The van der Waals surface area contributed by atoms with Crippen LogP contribution in [0.5, 0.6) is 0 Å². The van der Waals surface area contributed by atoms with Gasteiger partial charge in [0.15, 0.2) is 0 Å². The first-order valence-electron chi connectivity index (χ1n) is 8.72. The van der Waals surface area contributed by atoms with Gasteiger partial charge in [-0.2, -0.15) is 0 Å². The molecule has 5 heteroatoms. The molecule has 128 valence electrons. The fraction of sp³-hybridized carbons (Fsp3) is 0.200. The minimum atomic E-state index is -3.38. The molecule has 0 saturated heterocycles. The van der Waals surface area contributed by atoms with Crippen molar-refractivity contribution < 1.29 is 13.7 Å². The van der Waals surface area contributed by atoms with Crippen LogP contribution in [0.4, 0.5) is 0 Å². The third-order valence-corrected chi connectivity index (χ3v) is 12.4. The minimum Gasteiger partial charge on any atom is -0.405 e. The molecule has 0 fully saturated rings. The van der Waals surface area contributed by atoms with Crippen LogP contribution in [-0.4, -0.2) is 26.7 Å². The van der Waals surface area contributed by atoms with E-state index in [9.17, 15) is 9.59 Å². The third-order valence-electron chi connectivity index (χ3n) is 5.12. The van der Waals surface area contributed by atoms with Crippen LogP contribution >= 0.6 is 0 Å². The molecule has 25 heavy (non-hydrogen) atoms. The van der Waals surface area contributed by atoms with Crippen molar-refractivity contribution in [1.82, 2.24) is 0 Å². The molecule has 0 amide bonds. The van der Waals surface area contributed by atoms with Gasteiger partial charge >= 0.3 is 17.1 Å². The molecule has 0 aromatic carbocycles. The standard InChI is InChI=1S/C20H22O3Si2/c21-24(17-9-1-2-10-17,18-11-3-4-12-18)23-25(22,19-13-5-6-14-19)20-15-7-8-16-20/h1-9,11,13,15,21-22H,10,12,14,16H2. The number of hydrogen-bond acceptors (Lipinski definition) is 3. The second-order valence-electron chi connectivity index (χ2n) is 6.69. The van der Waals surface area contributed by atoms with Gasteiger partial charge in [0.25, 0.3) is 0 Å². The molecule has 4 aliphatic rings. The molecule has 4 rings (SSSR count). The highest BCUT2D eigenvalue weighted by Gasteiger charge is 2.53. The predicted molar refractivity (Wildman–Crippen MR) is 104 cm³/mol. The van der Waals surface area contributed by atoms with Gasteiger partial charge < -0.3 is 13.7 Å². The lowest BCUT2D eigenvalue weighted by molar-refractivity contribution is 0.326. The second-order valence-corrected chi connectivity index (χ2v) is 12.6. The average molecular weight is 367 g/mol. The smallest absolute Gasteiger partial charge is 0.388 e. The van der Waals surface area contributed by atoms with Crippen LogP contribution in [0.3, 0.4) is 0 Å². The summed E-state index contributed by atoms with van der Waals surface area (Å²) in [5.74, 6) is 0. The Hall–Kier alpha value is -1.77. The van der Waals surface area contributed by atoms with Crippen LogP contribution in [0, 0.1) is 0 Å². The lowest BCUT2D eigenvalue weighted by Crippen LogP contribution is -2.57. The van der Waals surface area contributed by atoms with Crippen molar-refractivity contribution in [2.75, 3.05) is 0 Å². The molecule has 0 radical (unpaired) electrons. The summed E-state index contributed by atoms with van der Waals surface area (Å²) in [6, 6.07) is 0. The van der Waals surface area contributed by atoms with E-state index in [-0.39, 0.29) is 0 Å². The van der Waals surface area contributed by atoms with Crippen molar-refractivity contribution in [2.45, 2.75) is 25.7 Å². The molecule has 4 aliphatic carbocycles. The fourth-order valence-electron chi connectivity index (χ4n) is 3.68. The van der Waals surface area contributed by atoms with Crippen molar-refractivity contribution in [3.05, 3.63) is 93.7 Å². The van der Waals surface area contributed by atoms with Gasteiger partial charge in [-0.1, -0.05) is 72.9 Å². The number of allylic oxidation sites excluding steroid dienone is 16. The maximum absolute atomic E-state index is 11.7. The van der Waals surface area contributed by atoms with Gasteiger partial charge in [0, 0.05) is 0 Å². The summed E-state index contributed by atoms with van der Waals surface area (Å²) < 4.78 is 6.52. The summed E-state index contributed by atoms with van der Waals surface area (Å²) >= 11 is 0. The summed E-state index contributed by atoms with van der Waals surface area (Å²) in [6.07, 6.45) is 26.6. The van der Waals surface area contributed by atoms with E-state index >= 15 is 0 Å². The maximum Gasteiger partial charge on any atom is 0.388 e. The average Bonchev–Trinajstić information content (AvgIpc) is 3.45. The molecule has 2 N–H and O–H groups in total. The predicted octanol–water partition coefficient (Wildman–Crippen LogP) is 3.57. The van der Waals surface area contributed by atoms with Gasteiger partial charge in [0.05, 0.1) is 0 Å². The van der Waals surface area contributed by atoms with E-state index in [1.54, 1.807) is 0 Å². The summed E-state index contributed by atoms with van der Waals surface area (Å²) in [4.78, 5) is 23.5. The van der Waals surface area contributed by atoms with Gasteiger partial charge in [-0.25, -0.2) is 0 Å². The van der Waals surface area contributed by atoms with E-state index in [4.69, 9.17) is 4.12 Å². The Labute approximate surface area is 150 Å². The Morgan fingerprint density at radius 1 is 0.560 bits per heavy atom. The molecule has 0 aliphatic heterocycles. The second kappa shape index (κ2) is 6.51. The van der Waals surface area contributed by atoms with Crippen LogP contribution in [0.1, 0.15) is 25.7 Å². The molecule has 0 atom stereocenters. The topological polar surface area (TPSA) is 49.7 Å². The lowest BCUT2D eigenvalue weighted by atomic mass is 10.5. The molecule has 0 heterocycles. The van der Waals surface area contributed by atoms with Crippen LogP contribution in [0.2, 0.25) is 0 Å². The fourth-order valence-corrected chi connectivity index (χ4v) is 11.2. The SMILES string of the molecule is O[Si](O[Si](O)(C1=CC=CC1)C1=CC=CC1)(C1=CC=CC1)C1=CC=CC1. The molecule has 0 bridgehead atoms. The van der Waals surface area contributed by atoms with Crippen LogP contribution in [0.15, 0.2) is 93.7 Å². The summed E-state index contributed by atoms with van der Waals surface area (Å²) in [5.41, 5.74) is 0. The van der Waals surface area contributed by atoms with Crippen LogP contribution in [0.25, 0.3) is 0 Å². The summed E-state index contributed by atoms with van der Waals surface area (Å²) in [5, 5.41) is 3.69. The Balaban J connectivity index is 1.73. The van der Waals surface area contributed by atoms with Crippen molar-refractivity contribution in [3.63, 3.8) is 0 Å². The van der Waals surface area contributed by atoms with Crippen LogP contribution in [-0.2, 0) is 4.12 Å². The number of rotatable bonds is 6. The highest BCUT2D eigenvalue weighted by Crippen LogP contribution is 2.40. The molecule has 0 unspecified atom stereocenters. The van der Waals surface area contributed by atoms with Crippen molar-refractivity contribution >= 4 is 17.1 Å². The molecule has 0 aromatic rings. The van der Waals surface area contributed by atoms with Crippen molar-refractivity contribution in [1.29, 1.82) is 0 Å². The first-order chi connectivity index (χ1) is 12.1. The van der Waals surface area contributed by atoms with E-state index in [0.717, 1.165) is 20.8 Å². The Morgan fingerprint density at radius 3 is 1.04 bits per heavy atom. The van der Waals surface area contributed by atoms with E-state index in [1.807, 2.05) is 72.9 Å². The highest BCUT2D eigenvalue weighted by molar-refractivity contribution is 6.93. The molecule has 0 saturated carbocycles. The van der Waals surface area contributed by atoms with E-state index < -0.39 is 17.1 Å². The van der Waals surface area contributed by atoms with Gasteiger partial charge in [-0.05, 0) is 46.5 Å². The Morgan fingerprint density at radius 2 is 0.840 bits per heavy atom. The maximum atomic E-state index is 11.7. The Bertz CT molecular complexity index is 694. The molecular formula is C20H22O3Si2. The van der Waals surface area contributed by atoms with Gasteiger partial charge in [-0.15, -0.1) is 0 Å². The molecule has 0 spiro atoms. The first kappa shape index (κ1) is 16.7.